The van der Waals surface area contributed by atoms with Gasteiger partial charge in [-0.2, -0.15) is 0 Å². The molecule has 0 unspecified atom stereocenters. The fraction of sp³-hybridized carbons (Fsp3) is 0.316. The molecule has 0 bridgehead atoms. The van der Waals surface area contributed by atoms with Crippen molar-refractivity contribution in [2.75, 3.05) is 23.7 Å². The fourth-order valence-corrected chi connectivity index (χ4v) is 4.97. The second-order valence-electron chi connectivity index (χ2n) is 6.51. The fourth-order valence-electron chi connectivity index (χ4n) is 3.49. The number of aliphatic hydroxyl groups is 1. The molecule has 3 nitrogen and oxygen atoms in total. The molecule has 0 aromatic heterocycles. The topological polar surface area (TPSA) is 26.5 Å². The predicted octanol–water partition coefficient (Wildman–Crippen LogP) is 4.47. The summed E-state index contributed by atoms with van der Waals surface area (Å²) in [6.45, 7) is 3.37. The summed E-state index contributed by atoms with van der Waals surface area (Å²) in [5, 5.41) is 13.7. The summed E-state index contributed by atoms with van der Waals surface area (Å²) in [6, 6.07) is 13.8. The average molecular weight is 394 g/mol. The zero-order valence-corrected chi connectivity index (χ0v) is 16.2. The molecule has 2 aliphatic rings. The van der Waals surface area contributed by atoms with E-state index in [1.165, 1.54) is 5.56 Å². The molecule has 2 aromatic carbocycles. The quantitative estimate of drug-likeness (QED) is 0.762. The number of hydrogen-bond acceptors (Lipinski definition) is 3. The van der Waals surface area contributed by atoms with E-state index in [1.54, 1.807) is 23.9 Å². The largest absolute Gasteiger partial charge is 0.346 e. The number of nitrogens with zero attached hydrogens (tertiary/aromatic N) is 2. The maximum atomic E-state index is 11.6. The molecule has 1 atom stereocenters. The highest BCUT2D eigenvalue weighted by Crippen LogP contribution is 2.39. The summed E-state index contributed by atoms with van der Waals surface area (Å²) in [5.41, 5.74) is 1.97. The summed E-state index contributed by atoms with van der Waals surface area (Å²) in [5.74, 6) is 1.06. The molecular formula is C19H19Cl2N2OS+. The molecule has 2 aliphatic heterocycles. The zero-order chi connectivity index (χ0) is 17.6. The van der Waals surface area contributed by atoms with Crippen molar-refractivity contribution in [3.8, 4) is 0 Å². The van der Waals surface area contributed by atoms with E-state index in [0.717, 1.165) is 35.1 Å². The third kappa shape index (κ3) is 2.95. The molecule has 0 spiro atoms. The molecule has 2 aromatic rings. The molecule has 0 saturated carbocycles. The highest BCUT2D eigenvalue weighted by molar-refractivity contribution is 8.13. The monoisotopic (exact) mass is 393 g/mol. The number of benzene rings is 2. The van der Waals surface area contributed by atoms with Gasteiger partial charge in [0.1, 0.15) is 5.69 Å². The van der Waals surface area contributed by atoms with E-state index in [0.29, 0.717) is 16.6 Å². The van der Waals surface area contributed by atoms with Gasteiger partial charge in [0.15, 0.2) is 6.54 Å². The Labute approximate surface area is 161 Å². The van der Waals surface area contributed by atoms with E-state index in [4.69, 9.17) is 23.2 Å². The van der Waals surface area contributed by atoms with Crippen LogP contribution >= 0.6 is 35.0 Å². The molecular weight excluding hydrogens is 375 g/mol. The van der Waals surface area contributed by atoms with Gasteiger partial charge in [0.05, 0.1) is 16.6 Å². The zero-order valence-electron chi connectivity index (χ0n) is 13.9. The van der Waals surface area contributed by atoms with Crippen LogP contribution in [-0.4, -0.2) is 33.7 Å². The third-order valence-corrected chi connectivity index (χ3v) is 6.67. The number of rotatable bonds is 2. The molecule has 0 amide bonds. The number of amidine groups is 1. The van der Waals surface area contributed by atoms with Gasteiger partial charge in [-0.3, -0.25) is 0 Å². The van der Waals surface area contributed by atoms with Gasteiger partial charge in [-0.05, 0) is 54.9 Å². The summed E-state index contributed by atoms with van der Waals surface area (Å²) in [7, 11) is 0. The first kappa shape index (κ1) is 17.2. The average Bonchev–Trinajstić information content (AvgIpc) is 2.92. The highest BCUT2D eigenvalue weighted by atomic mass is 35.5. The molecule has 0 saturated heterocycles. The van der Waals surface area contributed by atoms with E-state index < -0.39 is 5.72 Å². The van der Waals surface area contributed by atoms with Gasteiger partial charge in [-0.1, -0.05) is 41.4 Å². The van der Waals surface area contributed by atoms with Gasteiger partial charge in [0.25, 0.3) is 5.72 Å². The van der Waals surface area contributed by atoms with Crippen molar-refractivity contribution in [1.29, 1.82) is 0 Å². The van der Waals surface area contributed by atoms with Crippen molar-refractivity contribution >= 4 is 45.8 Å². The van der Waals surface area contributed by atoms with E-state index in [2.05, 4.69) is 40.7 Å². The van der Waals surface area contributed by atoms with Crippen LogP contribution in [0.4, 0.5) is 5.69 Å². The van der Waals surface area contributed by atoms with Gasteiger partial charge in [-0.15, -0.1) is 0 Å². The highest BCUT2D eigenvalue weighted by Gasteiger charge is 2.53. The lowest BCUT2D eigenvalue weighted by atomic mass is 10.0. The van der Waals surface area contributed by atoms with Crippen molar-refractivity contribution in [2.45, 2.75) is 19.1 Å². The second-order valence-corrected chi connectivity index (χ2v) is 8.38. The van der Waals surface area contributed by atoms with E-state index >= 15 is 0 Å². The lowest BCUT2D eigenvalue weighted by Crippen LogP contribution is -2.41. The van der Waals surface area contributed by atoms with Crippen LogP contribution in [0, 0.1) is 6.92 Å². The molecule has 0 aliphatic carbocycles. The number of anilines is 1. The number of hydrogen-bond donors (Lipinski definition) is 1. The van der Waals surface area contributed by atoms with E-state index in [1.807, 2.05) is 6.07 Å². The van der Waals surface area contributed by atoms with Crippen LogP contribution in [0.15, 0.2) is 42.5 Å². The second kappa shape index (κ2) is 6.51. The normalized spacial score (nSPS) is 23.1. The molecule has 4 rings (SSSR count). The van der Waals surface area contributed by atoms with Crippen LogP contribution in [0.2, 0.25) is 10.0 Å². The minimum atomic E-state index is -1.11. The van der Waals surface area contributed by atoms with E-state index in [-0.39, 0.29) is 0 Å². The van der Waals surface area contributed by atoms with E-state index in [9.17, 15) is 5.11 Å². The Morgan fingerprint density at radius 3 is 2.76 bits per heavy atom. The summed E-state index contributed by atoms with van der Waals surface area (Å²) < 4.78 is 2.10. The minimum Gasteiger partial charge on any atom is -0.346 e. The molecule has 2 heterocycles. The SMILES string of the molecule is Cc1cccc(N2C[C@@](O)(c3ccc(Cl)c(Cl)c3)[N+]3=C2SCCC3)c1. The number of aryl methyl sites for hydroxylation is 1. The molecule has 0 fully saturated rings. The van der Waals surface area contributed by atoms with Crippen molar-refractivity contribution in [2.24, 2.45) is 0 Å². The predicted molar refractivity (Wildman–Crippen MR) is 106 cm³/mol. The number of halogens is 2. The van der Waals surface area contributed by atoms with Crippen molar-refractivity contribution in [3.05, 3.63) is 63.6 Å². The molecule has 130 valence electrons. The Kier molecular flexibility index (Phi) is 4.49. The minimum absolute atomic E-state index is 0.466. The summed E-state index contributed by atoms with van der Waals surface area (Å²) in [4.78, 5) is 2.21. The van der Waals surface area contributed by atoms with Gasteiger partial charge in [-0.25, -0.2) is 9.48 Å². The molecule has 0 radical (unpaired) electrons. The van der Waals surface area contributed by atoms with Gasteiger partial charge < -0.3 is 5.11 Å². The van der Waals surface area contributed by atoms with Crippen LogP contribution < -0.4 is 4.90 Å². The molecule has 1 N–H and O–H groups in total. The number of thioether (sulfide) groups is 1. The van der Waals surface area contributed by atoms with Crippen LogP contribution in [0.3, 0.4) is 0 Å². The van der Waals surface area contributed by atoms with Crippen LogP contribution in [-0.2, 0) is 5.72 Å². The van der Waals surface area contributed by atoms with Crippen molar-refractivity contribution < 1.29 is 9.68 Å². The first-order valence-electron chi connectivity index (χ1n) is 8.28. The van der Waals surface area contributed by atoms with Crippen molar-refractivity contribution in [3.63, 3.8) is 0 Å². The lowest BCUT2D eigenvalue weighted by Gasteiger charge is -2.24. The maximum Gasteiger partial charge on any atom is 0.316 e. The Morgan fingerprint density at radius 2 is 2.00 bits per heavy atom. The van der Waals surface area contributed by atoms with Gasteiger partial charge >= 0.3 is 5.17 Å². The Bertz CT molecular complexity index is 870. The lowest BCUT2D eigenvalue weighted by molar-refractivity contribution is -0.656. The van der Waals surface area contributed by atoms with Crippen molar-refractivity contribution in [1.82, 2.24) is 0 Å². The molecule has 25 heavy (non-hydrogen) atoms. The summed E-state index contributed by atoms with van der Waals surface area (Å²) >= 11 is 14.1. The standard InChI is InChI=1S/C19H19Cl2N2OS/c1-13-4-2-5-15(10-13)22-12-19(24,23-8-3-9-25-18(22)23)14-6-7-16(20)17(21)11-14/h2,4-7,10-11,24H,3,8-9,12H2,1H3/q+1/t19-/m1/s1. The summed E-state index contributed by atoms with van der Waals surface area (Å²) in [6.07, 6.45) is 1.04. The molecule has 6 heteroatoms. The smallest absolute Gasteiger partial charge is 0.316 e. The first-order chi connectivity index (χ1) is 12.0. The Hall–Kier alpha value is -1.20. The van der Waals surface area contributed by atoms with Gasteiger partial charge in [0, 0.05) is 11.3 Å². The first-order valence-corrected chi connectivity index (χ1v) is 10.0. The third-order valence-electron chi connectivity index (χ3n) is 4.74. The van der Waals surface area contributed by atoms with Gasteiger partial charge in [0.2, 0.25) is 0 Å². The van der Waals surface area contributed by atoms with Crippen LogP contribution in [0.5, 0.6) is 0 Å². The Morgan fingerprint density at radius 1 is 1.16 bits per heavy atom. The van der Waals surface area contributed by atoms with Crippen LogP contribution in [0.25, 0.3) is 0 Å². The van der Waals surface area contributed by atoms with Crippen LogP contribution in [0.1, 0.15) is 17.5 Å². The Balaban J connectivity index is 1.82. The number of β-amino-alcohol motifs (C(OH)–C–C–N with tert-alkyl or cyclic N) is 1. The maximum absolute atomic E-state index is 11.6.